The number of rotatable bonds is 1. The highest BCUT2D eigenvalue weighted by Crippen LogP contribution is 2.35. The van der Waals surface area contributed by atoms with Crippen LogP contribution < -0.4 is 0 Å². The molecule has 4 heteroatoms. The number of carbonyl (C=O) groups is 2. The van der Waals surface area contributed by atoms with Crippen LogP contribution in [0.15, 0.2) is 18.2 Å². The highest BCUT2D eigenvalue weighted by molar-refractivity contribution is 6.30. The predicted molar refractivity (Wildman–Crippen MR) is 73.3 cm³/mol. The maximum absolute atomic E-state index is 12.0. The number of ketones is 1. The molecule has 0 heterocycles. The summed E-state index contributed by atoms with van der Waals surface area (Å²) in [7, 11) is 0. The van der Waals surface area contributed by atoms with Crippen molar-refractivity contribution in [2.24, 2.45) is 5.41 Å². The van der Waals surface area contributed by atoms with Crippen LogP contribution in [0.25, 0.3) is 0 Å². The molecule has 0 fully saturated rings. The van der Waals surface area contributed by atoms with Gasteiger partial charge in [0.2, 0.25) is 0 Å². The molecule has 1 aliphatic carbocycles. The molecule has 19 heavy (non-hydrogen) atoms. The van der Waals surface area contributed by atoms with E-state index in [9.17, 15) is 9.59 Å². The zero-order valence-electron chi connectivity index (χ0n) is 11.3. The van der Waals surface area contributed by atoms with Gasteiger partial charge in [-0.1, -0.05) is 11.6 Å². The molecule has 1 aliphatic rings. The number of ether oxygens (including phenoxy) is 1. The fourth-order valence-electron chi connectivity index (χ4n) is 2.03. The molecule has 102 valence electrons. The van der Waals surface area contributed by atoms with E-state index in [4.69, 9.17) is 16.3 Å². The van der Waals surface area contributed by atoms with Crippen molar-refractivity contribution in [1.29, 1.82) is 0 Å². The molecule has 0 aliphatic heterocycles. The maximum Gasteiger partial charge on any atom is 0.311 e. The van der Waals surface area contributed by atoms with E-state index in [1.165, 1.54) is 0 Å². The van der Waals surface area contributed by atoms with Crippen LogP contribution in [0.2, 0.25) is 5.02 Å². The minimum atomic E-state index is -0.555. The van der Waals surface area contributed by atoms with E-state index < -0.39 is 5.41 Å². The van der Waals surface area contributed by atoms with Crippen molar-refractivity contribution in [3.05, 3.63) is 34.3 Å². The second kappa shape index (κ2) is 4.97. The second-order valence-electron chi connectivity index (χ2n) is 5.84. The molecule has 0 aromatic heterocycles. The Hall–Kier alpha value is -1.35. The number of benzene rings is 1. The van der Waals surface area contributed by atoms with Crippen molar-refractivity contribution in [3.63, 3.8) is 0 Å². The van der Waals surface area contributed by atoms with Gasteiger partial charge in [0.25, 0.3) is 0 Å². The molecule has 0 spiro atoms. The van der Waals surface area contributed by atoms with E-state index in [1.807, 2.05) is 20.8 Å². The lowest BCUT2D eigenvalue weighted by atomic mass is 9.88. The monoisotopic (exact) mass is 280 g/mol. The number of Topliss-reactive ketones (excluding diaryl/α,β-unsaturated/α-hetero) is 1. The Morgan fingerprint density at radius 1 is 1.37 bits per heavy atom. The minimum Gasteiger partial charge on any atom is -0.457 e. The predicted octanol–water partition coefficient (Wildman–Crippen LogP) is 3.95. The van der Waals surface area contributed by atoms with Crippen molar-refractivity contribution >= 4 is 23.4 Å². The van der Waals surface area contributed by atoms with Gasteiger partial charge >= 0.3 is 5.97 Å². The molecule has 1 unspecified atom stereocenters. The van der Waals surface area contributed by atoms with Gasteiger partial charge in [-0.3, -0.25) is 9.59 Å². The first kappa shape index (κ1) is 14.1. The van der Waals surface area contributed by atoms with E-state index in [0.29, 0.717) is 23.4 Å². The van der Waals surface area contributed by atoms with Gasteiger partial charge in [0.1, 0.15) is 6.10 Å². The van der Waals surface area contributed by atoms with Crippen LogP contribution in [0.3, 0.4) is 0 Å². The van der Waals surface area contributed by atoms with E-state index in [-0.39, 0.29) is 17.9 Å². The minimum absolute atomic E-state index is 0.0784. The standard InChI is InChI=1S/C15H17ClO3/c1-15(2,3)14(18)19-13-7-6-12(17)10-5-4-9(16)8-11(10)13/h4-5,8,13H,6-7H2,1-3H3. The highest BCUT2D eigenvalue weighted by Gasteiger charge is 2.32. The van der Waals surface area contributed by atoms with Crippen LogP contribution in [0.4, 0.5) is 0 Å². The number of hydrogen-bond donors (Lipinski definition) is 0. The normalized spacial score (nSPS) is 18.9. The first-order valence-corrected chi connectivity index (χ1v) is 6.70. The van der Waals surface area contributed by atoms with Crippen molar-refractivity contribution in [1.82, 2.24) is 0 Å². The Morgan fingerprint density at radius 2 is 2.05 bits per heavy atom. The molecule has 0 N–H and O–H groups in total. The average molecular weight is 281 g/mol. The topological polar surface area (TPSA) is 43.4 Å². The van der Waals surface area contributed by atoms with Crippen molar-refractivity contribution in [3.8, 4) is 0 Å². The number of carbonyl (C=O) groups excluding carboxylic acids is 2. The molecular formula is C15H17ClO3. The number of hydrogen-bond acceptors (Lipinski definition) is 3. The summed E-state index contributed by atoms with van der Waals surface area (Å²) >= 11 is 5.96. The zero-order valence-corrected chi connectivity index (χ0v) is 12.1. The summed E-state index contributed by atoms with van der Waals surface area (Å²) in [5.74, 6) is -0.188. The average Bonchev–Trinajstić information content (AvgIpc) is 2.31. The first-order valence-electron chi connectivity index (χ1n) is 6.33. The molecule has 0 radical (unpaired) electrons. The van der Waals surface area contributed by atoms with Crippen LogP contribution in [0.1, 0.15) is 55.6 Å². The fraction of sp³-hybridized carbons (Fsp3) is 0.467. The summed E-state index contributed by atoms with van der Waals surface area (Å²) < 4.78 is 5.54. The van der Waals surface area contributed by atoms with Crippen LogP contribution in [-0.2, 0) is 9.53 Å². The van der Waals surface area contributed by atoms with Gasteiger partial charge in [-0.05, 0) is 45.4 Å². The van der Waals surface area contributed by atoms with E-state index in [2.05, 4.69) is 0 Å². The van der Waals surface area contributed by atoms with Crippen molar-refractivity contribution in [2.75, 3.05) is 0 Å². The number of esters is 1. The summed E-state index contributed by atoms with van der Waals surface area (Å²) in [6.07, 6.45) is 0.545. The molecule has 1 atom stereocenters. The molecule has 0 amide bonds. The molecule has 0 saturated heterocycles. The second-order valence-corrected chi connectivity index (χ2v) is 6.27. The maximum atomic E-state index is 12.0. The molecular weight excluding hydrogens is 264 g/mol. The van der Waals surface area contributed by atoms with Gasteiger partial charge < -0.3 is 4.74 Å². The van der Waals surface area contributed by atoms with Crippen LogP contribution in [0.5, 0.6) is 0 Å². The van der Waals surface area contributed by atoms with Gasteiger partial charge in [-0.15, -0.1) is 0 Å². The summed E-state index contributed by atoms with van der Waals surface area (Å²) in [5, 5.41) is 0.547. The quantitative estimate of drug-likeness (QED) is 0.732. The third-order valence-corrected chi connectivity index (χ3v) is 3.39. The third kappa shape index (κ3) is 2.98. The molecule has 0 bridgehead atoms. The Morgan fingerprint density at radius 3 is 2.68 bits per heavy atom. The van der Waals surface area contributed by atoms with E-state index in [1.54, 1.807) is 18.2 Å². The highest BCUT2D eigenvalue weighted by atomic mass is 35.5. The molecule has 2 rings (SSSR count). The van der Waals surface area contributed by atoms with Gasteiger partial charge in [-0.25, -0.2) is 0 Å². The van der Waals surface area contributed by atoms with Crippen molar-refractivity contribution in [2.45, 2.75) is 39.7 Å². The van der Waals surface area contributed by atoms with Gasteiger partial charge in [0, 0.05) is 22.6 Å². The summed E-state index contributed by atoms with van der Waals surface area (Å²) in [6.45, 7) is 5.42. The van der Waals surface area contributed by atoms with Gasteiger partial charge in [-0.2, -0.15) is 0 Å². The smallest absolute Gasteiger partial charge is 0.311 e. The van der Waals surface area contributed by atoms with Crippen LogP contribution in [0, 0.1) is 5.41 Å². The van der Waals surface area contributed by atoms with E-state index >= 15 is 0 Å². The first-order chi connectivity index (χ1) is 8.79. The van der Waals surface area contributed by atoms with Crippen LogP contribution in [-0.4, -0.2) is 11.8 Å². The Kier molecular flexibility index (Phi) is 3.68. The molecule has 3 nitrogen and oxygen atoms in total. The zero-order chi connectivity index (χ0) is 14.2. The van der Waals surface area contributed by atoms with E-state index in [0.717, 1.165) is 5.56 Å². The summed E-state index contributed by atoms with van der Waals surface area (Å²) in [6, 6.07) is 5.11. The lowest BCUT2D eigenvalue weighted by Crippen LogP contribution is -2.27. The molecule has 0 saturated carbocycles. The van der Waals surface area contributed by atoms with Gasteiger partial charge in [0.05, 0.1) is 5.41 Å². The molecule has 1 aromatic rings. The van der Waals surface area contributed by atoms with Crippen molar-refractivity contribution < 1.29 is 14.3 Å². The fourth-order valence-corrected chi connectivity index (χ4v) is 2.22. The summed E-state index contributed by atoms with van der Waals surface area (Å²) in [4.78, 5) is 23.8. The number of fused-ring (bicyclic) bond motifs is 1. The third-order valence-electron chi connectivity index (χ3n) is 3.16. The molecule has 1 aromatic carbocycles. The largest absolute Gasteiger partial charge is 0.457 e. The Labute approximate surface area is 117 Å². The van der Waals surface area contributed by atoms with Crippen LogP contribution >= 0.6 is 11.6 Å². The number of halogens is 1. The SMILES string of the molecule is CC(C)(C)C(=O)OC1CCC(=O)c2ccc(Cl)cc21. The lowest BCUT2D eigenvalue weighted by molar-refractivity contribution is -0.159. The lowest BCUT2D eigenvalue weighted by Gasteiger charge is -2.27. The summed E-state index contributed by atoms with van der Waals surface area (Å²) in [5.41, 5.74) is 0.781. The van der Waals surface area contributed by atoms with Gasteiger partial charge in [0.15, 0.2) is 5.78 Å². The Balaban J connectivity index is 2.31. The Bertz CT molecular complexity index is 529.